The number of nitrogens with zero attached hydrogens (tertiary/aromatic N) is 1. The first-order valence-electron chi connectivity index (χ1n) is 6.05. The molecule has 0 saturated heterocycles. The van der Waals surface area contributed by atoms with Crippen LogP contribution in [0.15, 0.2) is 36.5 Å². The van der Waals surface area contributed by atoms with Gasteiger partial charge >= 0.3 is 0 Å². The highest BCUT2D eigenvalue weighted by Gasteiger charge is 2.05. The van der Waals surface area contributed by atoms with Gasteiger partial charge in [-0.2, -0.15) is 0 Å². The number of nitrogens with one attached hydrogen (secondary N) is 1. The summed E-state index contributed by atoms with van der Waals surface area (Å²) in [4.78, 5) is 4.21. The van der Waals surface area contributed by atoms with Crippen LogP contribution in [0.5, 0.6) is 5.75 Å². The number of hydrogen-bond acceptors (Lipinski definition) is 4. The Morgan fingerprint density at radius 1 is 1.32 bits per heavy atom. The molecule has 0 amide bonds. The Bertz CT molecular complexity index is 656. The molecule has 0 saturated carbocycles. The quantitative estimate of drug-likeness (QED) is 0.815. The average Bonchev–Trinajstić information content (AvgIpc) is 2.43. The lowest BCUT2D eigenvalue weighted by molar-refractivity contribution is 0.323. The zero-order valence-corrected chi connectivity index (χ0v) is 11.5. The molecule has 0 radical (unpaired) electrons. The van der Waals surface area contributed by atoms with Crippen molar-refractivity contribution in [3.05, 3.63) is 36.5 Å². The molecule has 0 spiro atoms. The van der Waals surface area contributed by atoms with Crippen molar-refractivity contribution in [3.63, 3.8) is 0 Å². The molecule has 1 aromatic heterocycles. The van der Waals surface area contributed by atoms with Crippen molar-refractivity contribution in [2.24, 2.45) is 0 Å². The molecular formula is C13H16N2O3S. The molecule has 0 fully saturated rings. The highest BCUT2D eigenvalue weighted by Crippen LogP contribution is 2.18. The second-order valence-electron chi connectivity index (χ2n) is 4.00. The van der Waals surface area contributed by atoms with Gasteiger partial charge in [-0.25, -0.2) is 13.1 Å². The van der Waals surface area contributed by atoms with Crippen molar-refractivity contribution in [3.8, 4) is 5.75 Å². The number of sulfonamides is 1. The van der Waals surface area contributed by atoms with E-state index in [4.69, 9.17) is 4.74 Å². The van der Waals surface area contributed by atoms with Gasteiger partial charge in [-0.05, 0) is 31.2 Å². The minimum atomic E-state index is -3.15. The first-order chi connectivity index (χ1) is 9.11. The van der Waals surface area contributed by atoms with Crippen LogP contribution in [0.2, 0.25) is 0 Å². The molecule has 2 rings (SSSR count). The Hall–Kier alpha value is -1.66. The standard InChI is InChI=1S/C13H16N2O3S/c1-2-19(16,17)15-8-9-18-12-5-6-13-11(10-12)4-3-7-14-13/h3-7,10,15H,2,8-9H2,1H3. The third kappa shape index (κ3) is 3.90. The van der Waals surface area contributed by atoms with Gasteiger partial charge in [0.05, 0.1) is 11.3 Å². The highest BCUT2D eigenvalue weighted by atomic mass is 32.2. The van der Waals surface area contributed by atoms with Gasteiger partial charge < -0.3 is 4.74 Å². The molecule has 0 aliphatic carbocycles. The molecule has 1 heterocycles. The fourth-order valence-electron chi connectivity index (χ4n) is 1.61. The first-order valence-corrected chi connectivity index (χ1v) is 7.71. The molecule has 5 nitrogen and oxygen atoms in total. The van der Waals surface area contributed by atoms with Crippen molar-refractivity contribution in [1.29, 1.82) is 0 Å². The molecule has 0 unspecified atom stereocenters. The predicted octanol–water partition coefficient (Wildman–Crippen LogP) is 1.55. The number of fused-ring (bicyclic) bond motifs is 1. The van der Waals surface area contributed by atoms with Gasteiger partial charge in [-0.15, -0.1) is 0 Å². The van der Waals surface area contributed by atoms with Crippen molar-refractivity contribution >= 4 is 20.9 Å². The normalized spacial score (nSPS) is 11.6. The maximum Gasteiger partial charge on any atom is 0.211 e. The van der Waals surface area contributed by atoms with Crippen LogP contribution >= 0.6 is 0 Å². The maximum atomic E-state index is 11.2. The summed E-state index contributed by atoms with van der Waals surface area (Å²) in [6.07, 6.45) is 1.74. The van der Waals surface area contributed by atoms with E-state index in [2.05, 4.69) is 9.71 Å². The second-order valence-corrected chi connectivity index (χ2v) is 6.10. The third-order valence-corrected chi connectivity index (χ3v) is 4.05. The summed E-state index contributed by atoms with van der Waals surface area (Å²) in [6, 6.07) is 9.40. The summed E-state index contributed by atoms with van der Waals surface area (Å²) in [7, 11) is -3.15. The fraction of sp³-hybridized carbons (Fsp3) is 0.308. The number of aromatic nitrogens is 1. The van der Waals surface area contributed by atoms with Crippen LogP contribution in [0.1, 0.15) is 6.92 Å². The fourth-order valence-corrected chi connectivity index (χ4v) is 2.21. The van der Waals surface area contributed by atoms with Crippen molar-refractivity contribution in [1.82, 2.24) is 9.71 Å². The zero-order chi connectivity index (χ0) is 13.7. The average molecular weight is 280 g/mol. The lowest BCUT2D eigenvalue weighted by Crippen LogP contribution is -2.29. The lowest BCUT2D eigenvalue weighted by atomic mass is 10.2. The van der Waals surface area contributed by atoms with E-state index in [1.165, 1.54) is 0 Å². The smallest absolute Gasteiger partial charge is 0.211 e. The Morgan fingerprint density at radius 2 is 2.16 bits per heavy atom. The Morgan fingerprint density at radius 3 is 2.95 bits per heavy atom. The Balaban J connectivity index is 1.91. The van der Waals surface area contributed by atoms with E-state index in [-0.39, 0.29) is 12.3 Å². The largest absolute Gasteiger partial charge is 0.492 e. The van der Waals surface area contributed by atoms with Gasteiger partial charge in [0, 0.05) is 18.1 Å². The summed E-state index contributed by atoms with van der Waals surface area (Å²) in [6.45, 7) is 2.16. The van der Waals surface area contributed by atoms with E-state index in [9.17, 15) is 8.42 Å². The molecular weight excluding hydrogens is 264 g/mol. The molecule has 0 aliphatic heterocycles. The number of rotatable bonds is 6. The van der Waals surface area contributed by atoms with Crippen LogP contribution in [0.3, 0.4) is 0 Å². The number of hydrogen-bond donors (Lipinski definition) is 1. The van der Waals surface area contributed by atoms with Gasteiger partial charge in [0.1, 0.15) is 12.4 Å². The SMILES string of the molecule is CCS(=O)(=O)NCCOc1ccc2ncccc2c1. The topological polar surface area (TPSA) is 68.3 Å². The van der Waals surface area contributed by atoms with Crippen molar-refractivity contribution < 1.29 is 13.2 Å². The van der Waals surface area contributed by atoms with E-state index < -0.39 is 10.0 Å². The highest BCUT2D eigenvalue weighted by molar-refractivity contribution is 7.89. The zero-order valence-electron chi connectivity index (χ0n) is 10.7. The van der Waals surface area contributed by atoms with E-state index in [1.807, 2.05) is 30.3 Å². The number of pyridine rings is 1. The summed E-state index contributed by atoms with van der Waals surface area (Å²) in [5.74, 6) is 0.783. The Labute approximate surface area is 112 Å². The van der Waals surface area contributed by atoms with E-state index in [0.29, 0.717) is 12.4 Å². The molecule has 6 heteroatoms. The minimum Gasteiger partial charge on any atom is -0.492 e. The van der Waals surface area contributed by atoms with E-state index in [0.717, 1.165) is 10.9 Å². The maximum absolute atomic E-state index is 11.2. The Kier molecular flexibility index (Phi) is 4.34. The monoisotopic (exact) mass is 280 g/mol. The minimum absolute atomic E-state index is 0.0780. The van der Waals surface area contributed by atoms with Gasteiger partial charge in [0.2, 0.25) is 10.0 Å². The summed E-state index contributed by atoms with van der Waals surface area (Å²) in [5.41, 5.74) is 0.904. The molecule has 19 heavy (non-hydrogen) atoms. The summed E-state index contributed by atoms with van der Waals surface area (Å²) in [5, 5.41) is 0.995. The second kappa shape index (κ2) is 5.99. The van der Waals surface area contributed by atoms with Gasteiger partial charge in [-0.1, -0.05) is 6.07 Å². The van der Waals surface area contributed by atoms with Crippen LogP contribution in [0.25, 0.3) is 10.9 Å². The first kappa shape index (κ1) is 13.8. The molecule has 0 atom stereocenters. The van der Waals surface area contributed by atoms with Crippen LogP contribution in [0.4, 0.5) is 0 Å². The van der Waals surface area contributed by atoms with Crippen LogP contribution in [0, 0.1) is 0 Å². The van der Waals surface area contributed by atoms with E-state index >= 15 is 0 Å². The molecule has 0 bridgehead atoms. The van der Waals surface area contributed by atoms with Crippen molar-refractivity contribution in [2.75, 3.05) is 18.9 Å². The molecule has 1 aromatic carbocycles. The van der Waals surface area contributed by atoms with Gasteiger partial charge in [-0.3, -0.25) is 4.98 Å². The molecule has 1 N–H and O–H groups in total. The molecule has 102 valence electrons. The van der Waals surface area contributed by atoms with Gasteiger partial charge in [0.25, 0.3) is 0 Å². The lowest BCUT2D eigenvalue weighted by Gasteiger charge is -2.08. The number of benzene rings is 1. The predicted molar refractivity (Wildman–Crippen MR) is 74.7 cm³/mol. The van der Waals surface area contributed by atoms with Crippen molar-refractivity contribution in [2.45, 2.75) is 6.92 Å². The molecule has 0 aliphatic rings. The van der Waals surface area contributed by atoms with Gasteiger partial charge in [0.15, 0.2) is 0 Å². The third-order valence-electron chi connectivity index (χ3n) is 2.65. The van der Waals surface area contributed by atoms with E-state index in [1.54, 1.807) is 13.1 Å². The summed E-state index contributed by atoms with van der Waals surface area (Å²) < 4.78 is 30.4. The number of ether oxygens (including phenoxy) is 1. The van der Waals surface area contributed by atoms with Crippen LogP contribution in [-0.2, 0) is 10.0 Å². The summed E-state index contributed by atoms with van der Waals surface area (Å²) >= 11 is 0. The molecule has 2 aromatic rings. The van der Waals surface area contributed by atoms with Crippen LogP contribution in [-0.4, -0.2) is 32.3 Å². The van der Waals surface area contributed by atoms with Crippen LogP contribution < -0.4 is 9.46 Å².